The van der Waals surface area contributed by atoms with Gasteiger partial charge in [0.25, 0.3) is 5.92 Å². The normalized spacial score (nSPS) is 25.2. The fourth-order valence-electron chi connectivity index (χ4n) is 1.11. The Balaban J connectivity index is 2.89. The molecule has 0 aromatic heterocycles. The SMILES string of the molecule is CC1=C(I)C(F)(F)CCC1. The zero-order valence-corrected chi connectivity index (χ0v) is 7.91. The lowest BCUT2D eigenvalue weighted by molar-refractivity contribution is 0.0351. The molecule has 0 aliphatic heterocycles. The Kier molecular flexibility index (Phi) is 2.32. The topological polar surface area (TPSA) is 0 Å². The van der Waals surface area contributed by atoms with Gasteiger partial charge < -0.3 is 0 Å². The predicted octanol–water partition coefficient (Wildman–Crippen LogP) is 3.51. The lowest BCUT2D eigenvalue weighted by Crippen LogP contribution is -2.20. The second-order valence-electron chi connectivity index (χ2n) is 2.65. The van der Waals surface area contributed by atoms with Crippen LogP contribution < -0.4 is 0 Å². The van der Waals surface area contributed by atoms with Gasteiger partial charge in [0.15, 0.2) is 0 Å². The molecule has 0 aromatic carbocycles. The summed E-state index contributed by atoms with van der Waals surface area (Å²) in [5, 5.41) is 0. The van der Waals surface area contributed by atoms with E-state index in [4.69, 9.17) is 0 Å². The Bertz CT molecular complexity index is 172. The summed E-state index contributed by atoms with van der Waals surface area (Å²) in [6.07, 6.45) is 1.50. The van der Waals surface area contributed by atoms with Crippen LogP contribution in [0.1, 0.15) is 26.2 Å². The van der Waals surface area contributed by atoms with E-state index in [0.717, 1.165) is 12.0 Å². The average molecular weight is 258 g/mol. The molecule has 0 amide bonds. The Morgan fingerprint density at radius 3 is 2.50 bits per heavy atom. The van der Waals surface area contributed by atoms with Crippen LogP contribution in [-0.2, 0) is 0 Å². The van der Waals surface area contributed by atoms with Crippen molar-refractivity contribution in [1.82, 2.24) is 0 Å². The van der Waals surface area contributed by atoms with Gasteiger partial charge in [-0.1, -0.05) is 5.57 Å². The van der Waals surface area contributed by atoms with Crippen molar-refractivity contribution in [3.8, 4) is 0 Å². The number of hydrogen-bond donors (Lipinski definition) is 0. The van der Waals surface area contributed by atoms with E-state index >= 15 is 0 Å². The lowest BCUT2D eigenvalue weighted by Gasteiger charge is -2.22. The van der Waals surface area contributed by atoms with Crippen molar-refractivity contribution in [1.29, 1.82) is 0 Å². The average Bonchev–Trinajstić information content (AvgIpc) is 1.83. The maximum absolute atomic E-state index is 12.8. The van der Waals surface area contributed by atoms with E-state index in [9.17, 15) is 8.78 Å². The van der Waals surface area contributed by atoms with E-state index in [1.54, 1.807) is 29.5 Å². The first-order valence-electron chi connectivity index (χ1n) is 3.27. The van der Waals surface area contributed by atoms with Gasteiger partial charge in [0.05, 0.1) is 3.58 Å². The fraction of sp³-hybridized carbons (Fsp3) is 0.714. The largest absolute Gasteiger partial charge is 0.278 e. The molecule has 1 aliphatic carbocycles. The molecule has 10 heavy (non-hydrogen) atoms. The highest BCUT2D eigenvalue weighted by Crippen LogP contribution is 2.41. The minimum absolute atomic E-state index is 0.0304. The first kappa shape index (κ1) is 8.43. The Morgan fingerprint density at radius 1 is 1.50 bits per heavy atom. The number of rotatable bonds is 0. The fourth-order valence-corrected chi connectivity index (χ4v) is 1.65. The van der Waals surface area contributed by atoms with Gasteiger partial charge in [0.2, 0.25) is 0 Å². The van der Waals surface area contributed by atoms with E-state index in [-0.39, 0.29) is 10.0 Å². The highest BCUT2D eigenvalue weighted by molar-refractivity contribution is 14.1. The third-order valence-electron chi connectivity index (χ3n) is 1.74. The minimum Gasteiger partial charge on any atom is -0.201 e. The van der Waals surface area contributed by atoms with E-state index < -0.39 is 5.92 Å². The molecule has 0 fully saturated rings. The summed E-state index contributed by atoms with van der Waals surface area (Å²) in [7, 11) is 0. The van der Waals surface area contributed by atoms with Gasteiger partial charge in [-0.25, -0.2) is 8.78 Å². The summed E-state index contributed by atoms with van der Waals surface area (Å²) in [5.74, 6) is -2.52. The molecule has 1 aliphatic rings. The van der Waals surface area contributed by atoms with Crippen LogP contribution in [-0.4, -0.2) is 5.92 Å². The van der Waals surface area contributed by atoms with Gasteiger partial charge in [-0.05, 0) is 42.4 Å². The molecule has 0 radical (unpaired) electrons. The van der Waals surface area contributed by atoms with Crippen molar-refractivity contribution in [2.45, 2.75) is 32.1 Å². The molecule has 0 spiro atoms. The maximum Gasteiger partial charge on any atom is 0.278 e. The Morgan fingerprint density at radius 2 is 2.10 bits per heavy atom. The minimum atomic E-state index is -2.52. The van der Waals surface area contributed by atoms with Gasteiger partial charge in [-0.2, -0.15) is 0 Å². The van der Waals surface area contributed by atoms with E-state index in [0.29, 0.717) is 6.42 Å². The van der Waals surface area contributed by atoms with Crippen molar-refractivity contribution in [3.05, 3.63) is 9.15 Å². The molecule has 3 heteroatoms. The van der Waals surface area contributed by atoms with Crippen LogP contribution in [0.2, 0.25) is 0 Å². The van der Waals surface area contributed by atoms with Crippen molar-refractivity contribution in [2.75, 3.05) is 0 Å². The quantitative estimate of drug-likeness (QED) is 0.583. The third-order valence-corrected chi connectivity index (χ3v) is 3.45. The zero-order chi connectivity index (χ0) is 7.78. The summed E-state index contributed by atoms with van der Waals surface area (Å²) < 4.78 is 25.8. The van der Waals surface area contributed by atoms with Crippen LogP contribution in [0.4, 0.5) is 8.78 Å². The summed E-state index contributed by atoms with van der Waals surface area (Å²) >= 11 is 1.76. The highest BCUT2D eigenvalue weighted by Gasteiger charge is 2.35. The van der Waals surface area contributed by atoms with Crippen LogP contribution in [0.3, 0.4) is 0 Å². The molecular formula is C7H9F2I. The van der Waals surface area contributed by atoms with E-state index in [2.05, 4.69) is 0 Å². The molecule has 0 N–H and O–H groups in total. The molecule has 0 aromatic rings. The van der Waals surface area contributed by atoms with Crippen LogP contribution in [0, 0.1) is 0 Å². The van der Waals surface area contributed by atoms with Gasteiger partial charge >= 0.3 is 0 Å². The van der Waals surface area contributed by atoms with Crippen molar-refractivity contribution in [3.63, 3.8) is 0 Å². The van der Waals surface area contributed by atoms with Gasteiger partial charge in [0.1, 0.15) is 0 Å². The molecule has 0 nitrogen and oxygen atoms in total. The van der Waals surface area contributed by atoms with Crippen LogP contribution >= 0.6 is 22.6 Å². The number of halogens is 3. The third kappa shape index (κ3) is 1.49. The summed E-state index contributed by atoms with van der Waals surface area (Å²) in [6, 6.07) is 0. The van der Waals surface area contributed by atoms with Crippen molar-refractivity contribution >= 4 is 22.6 Å². The monoisotopic (exact) mass is 258 g/mol. The number of alkyl halides is 2. The van der Waals surface area contributed by atoms with Crippen LogP contribution in [0.5, 0.6) is 0 Å². The molecule has 58 valence electrons. The van der Waals surface area contributed by atoms with Gasteiger partial charge in [0, 0.05) is 6.42 Å². The predicted molar refractivity (Wildman–Crippen MR) is 45.5 cm³/mol. The van der Waals surface area contributed by atoms with Gasteiger partial charge in [-0.3, -0.25) is 0 Å². The highest BCUT2D eigenvalue weighted by atomic mass is 127. The van der Waals surface area contributed by atoms with Crippen molar-refractivity contribution < 1.29 is 8.78 Å². The lowest BCUT2D eigenvalue weighted by atomic mass is 9.98. The molecular weight excluding hydrogens is 249 g/mol. The summed E-state index contributed by atoms with van der Waals surface area (Å²) in [6.45, 7) is 1.79. The second-order valence-corrected chi connectivity index (χ2v) is 3.73. The zero-order valence-electron chi connectivity index (χ0n) is 5.76. The number of hydrogen-bond acceptors (Lipinski definition) is 0. The molecule has 0 atom stereocenters. The van der Waals surface area contributed by atoms with Crippen molar-refractivity contribution in [2.24, 2.45) is 0 Å². The smallest absolute Gasteiger partial charge is 0.201 e. The molecule has 0 heterocycles. The molecule has 0 bridgehead atoms. The Hall–Kier alpha value is 0.330. The van der Waals surface area contributed by atoms with Crippen LogP contribution in [0.15, 0.2) is 9.15 Å². The number of allylic oxidation sites excluding steroid dienone is 2. The van der Waals surface area contributed by atoms with E-state index in [1.807, 2.05) is 0 Å². The summed E-state index contributed by atoms with van der Waals surface area (Å²) in [4.78, 5) is 0. The van der Waals surface area contributed by atoms with Crippen LogP contribution in [0.25, 0.3) is 0 Å². The molecule has 1 rings (SSSR count). The molecule has 0 unspecified atom stereocenters. The first-order chi connectivity index (χ1) is 4.54. The Labute approximate surface area is 72.8 Å². The maximum atomic E-state index is 12.8. The van der Waals surface area contributed by atoms with Gasteiger partial charge in [-0.15, -0.1) is 0 Å². The molecule has 0 saturated heterocycles. The second kappa shape index (κ2) is 2.75. The standard InChI is InChI=1S/C7H9F2I/c1-5-3-2-4-7(8,9)6(5)10/h2-4H2,1H3. The summed E-state index contributed by atoms with van der Waals surface area (Å²) in [5.41, 5.74) is 0.858. The first-order valence-corrected chi connectivity index (χ1v) is 4.35. The molecule has 0 saturated carbocycles. The van der Waals surface area contributed by atoms with E-state index in [1.165, 1.54) is 0 Å².